The third-order valence-corrected chi connectivity index (χ3v) is 4.47. The van der Waals surface area contributed by atoms with E-state index < -0.39 is 0 Å². The van der Waals surface area contributed by atoms with Gasteiger partial charge in [-0.1, -0.05) is 6.42 Å². The predicted molar refractivity (Wildman–Crippen MR) is 87.5 cm³/mol. The molecule has 6 nitrogen and oxygen atoms in total. The van der Waals surface area contributed by atoms with Gasteiger partial charge in [0.2, 0.25) is 5.91 Å². The van der Waals surface area contributed by atoms with Gasteiger partial charge in [0, 0.05) is 38.6 Å². The maximum Gasteiger partial charge on any atom is 0.254 e. The highest BCUT2D eigenvalue weighted by Crippen LogP contribution is 2.20. The lowest BCUT2D eigenvalue weighted by molar-refractivity contribution is -0.132. The van der Waals surface area contributed by atoms with Gasteiger partial charge in [-0.3, -0.25) is 9.59 Å². The van der Waals surface area contributed by atoms with Crippen molar-refractivity contribution >= 4 is 5.91 Å². The van der Waals surface area contributed by atoms with Crippen molar-refractivity contribution in [1.82, 2.24) is 9.47 Å². The number of nitrogens with zero attached hydrogens (tertiary/aromatic N) is 2. The molecule has 1 amide bonds. The van der Waals surface area contributed by atoms with E-state index in [4.69, 9.17) is 4.74 Å². The lowest BCUT2D eigenvalue weighted by Crippen LogP contribution is -2.39. The summed E-state index contributed by atoms with van der Waals surface area (Å²) in [6, 6.07) is 2.64. The molecule has 1 aromatic rings. The van der Waals surface area contributed by atoms with E-state index in [-0.39, 0.29) is 23.8 Å². The molecule has 0 radical (unpaired) electrons. The molecule has 23 heavy (non-hydrogen) atoms. The number of hydrogen-bond donors (Lipinski definition) is 1. The number of carbonyl (C=O) groups is 1. The van der Waals surface area contributed by atoms with Gasteiger partial charge in [0.1, 0.15) is 12.3 Å². The smallest absolute Gasteiger partial charge is 0.254 e. The van der Waals surface area contributed by atoms with Gasteiger partial charge in [-0.05, 0) is 38.2 Å². The van der Waals surface area contributed by atoms with E-state index in [1.165, 1.54) is 10.6 Å². The first-order chi connectivity index (χ1) is 11.0. The van der Waals surface area contributed by atoms with Crippen LogP contribution in [0.4, 0.5) is 0 Å². The lowest BCUT2D eigenvalue weighted by atomic mass is 10.00. The number of aromatic nitrogens is 1. The largest absolute Gasteiger partial charge is 0.508 e. The quantitative estimate of drug-likeness (QED) is 0.892. The Bertz CT molecular complexity index is 597. The Morgan fingerprint density at radius 2 is 2.17 bits per heavy atom. The van der Waals surface area contributed by atoms with Crippen LogP contribution >= 0.6 is 0 Å². The van der Waals surface area contributed by atoms with Gasteiger partial charge in [0.15, 0.2) is 0 Å². The van der Waals surface area contributed by atoms with Crippen LogP contribution in [0, 0.1) is 12.8 Å². The van der Waals surface area contributed by atoms with Crippen molar-refractivity contribution in [3.63, 3.8) is 0 Å². The third-order valence-electron chi connectivity index (χ3n) is 4.47. The molecular weight excluding hydrogens is 296 g/mol. The first kappa shape index (κ1) is 17.5. The zero-order valence-electron chi connectivity index (χ0n) is 14.0. The minimum absolute atomic E-state index is 0.0297. The minimum atomic E-state index is -0.346. The molecule has 1 saturated heterocycles. The molecule has 128 valence electrons. The summed E-state index contributed by atoms with van der Waals surface area (Å²) in [7, 11) is 1.69. The van der Waals surface area contributed by atoms with Gasteiger partial charge in [0.05, 0.1) is 0 Å². The number of ether oxygens (including phenoxy) is 1. The summed E-state index contributed by atoms with van der Waals surface area (Å²) in [6.45, 7) is 3.94. The highest BCUT2D eigenvalue weighted by Gasteiger charge is 2.22. The summed E-state index contributed by atoms with van der Waals surface area (Å²) in [5.41, 5.74) is 0.246. The van der Waals surface area contributed by atoms with Gasteiger partial charge < -0.3 is 19.3 Å². The van der Waals surface area contributed by atoms with Crippen LogP contribution < -0.4 is 5.56 Å². The first-order valence-corrected chi connectivity index (χ1v) is 8.18. The van der Waals surface area contributed by atoms with Crippen LogP contribution in [0.2, 0.25) is 0 Å². The highest BCUT2D eigenvalue weighted by atomic mass is 16.5. The number of aromatic hydroxyl groups is 1. The van der Waals surface area contributed by atoms with Crippen molar-refractivity contribution in [1.29, 1.82) is 0 Å². The molecular formula is C17H26N2O4. The monoisotopic (exact) mass is 322 g/mol. The molecule has 2 rings (SSSR count). The van der Waals surface area contributed by atoms with Gasteiger partial charge >= 0.3 is 0 Å². The van der Waals surface area contributed by atoms with Crippen molar-refractivity contribution in [3.05, 3.63) is 28.2 Å². The number of carbonyl (C=O) groups excluding carboxylic acids is 1. The number of hydrogen-bond acceptors (Lipinski definition) is 4. The fourth-order valence-electron chi connectivity index (χ4n) is 3.13. The molecule has 6 heteroatoms. The maximum atomic E-state index is 12.6. The SMILES string of the molecule is COCCC1CCCCN(C(=O)Cn2c(C)cc(O)cc2=O)C1. The molecule has 0 aliphatic carbocycles. The third kappa shape index (κ3) is 4.82. The van der Waals surface area contributed by atoms with E-state index in [9.17, 15) is 14.7 Å². The second-order valence-electron chi connectivity index (χ2n) is 6.26. The van der Waals surface area contributed by atoms with E-state index in [1.54, 1.807) is 14.0 Å². The van der Waals surface area contributed by atoms with E-state index in [1.807, 2.05) is 4.90 Å². The van der Waals surface area contributed by atoms with Crippen LogP contribution in [-0.4, -0.2) is 47.3 Å². The molecule has 1 fully saturated rings. The van der Waals surface area contributed by atoms with Crippen LogP contribution in [0.25, 0.3) is 0 Å². The zero-order chi connectivity index (χ0) is 16.8. The Balaban J connectivity index is 2.05. The van der Waals surface area contributed by atoms with Crippen molar-refractivity contribution in [3.8, 4) is 5.75 Å². The van der Waals surface area contributed by atoms with Crippen LogP contribution in [-0.2, 0) is 16.1 Å². The number of methoxy groups -OCH3 is 1. The standard InChI is InChI=1S/C17H26N2O4/c1-13-9-15(20)10-16(21)19(13)12-17(22)18-7-4-3-5-14(11-18)6-8-23-2/h9-10,14,20H,3-8,11-12H2,1-2H3. The van der Waals surface area contributed by atoms with Crippen LogP contribution in [0.1, 0.15) is 31.4 Å². The summed E-state index contributed by atoms with van der Waals surface area (Å²) < 4.78 is 6.56. The van der Waals surface area contributed by atoms with Crippen molar-refractivity contribution in [2.45, 2.75) is 39.2 Å². The summed E-state index contributed by atoms with van der Waals surface area (Å²) in [5, 5.41) is 9.43. The van der Waals surface area contributed by atoms with Crippen molar-refractivity contribution < 1.29 is 14.6 Å². The van der Waals surface area contributed by atoms with Gasteiger partial charge in [-0.25, -0.2) is 0 Å². The number of rotatable bonds is 5. The Morgan fingerprint density at radius 3 is 2.87 bits per heavy atom. The molecule has 1 aromatic heterocycles. The van der Waals surface area contributed by atoms with E-state index in [2.05, 4.69) is 0 Å². The van der Waals surface area contributed by atoms with Gasteiger partial charge in [-0.15, -0.1) is 0 Å². The lowest BCUT2D eigenvalue weighted by Gasteiger charge is -2.25. The van der Waals surface area contributed by atoms with Crippen molar-refractivity contribution in [2.24, 2.45) is 5.92 Å². The summed E-state index contributed by atoms with van der Waals surface area (Å²) in [6.07, 6.45) is 4.19. The van der Waals surface area contributed by atoms with E-state index >= 15 is 0 Å². The molecule has 1 N–H and O–H groups in total. The number of aryl methyl sites for hydroxylation is 1. The van der Waals surface area contributed by atoms with Gasteiger partial charge in [0.25, 0.3) is 5.56 Å². The maximum absolute atomic E-state index is 12.6. The van der Waals surface area contributed by atoms with E-state index in [0.717, 1.165) is 44.8 Å². The van der Waals surface area contributed by atoms with Crippen LogP contribution in [0.5, 0.6) is 5.75 Å². The molecule has 1 atom stereocenters. The molecule has 0 saturated carbocycles. The summed E-state index contributed by atoms with van der Waals surface area (Å²) >= 11 is 0. The second kappa shape index (κ2) is 8.15. The average Bonchev–Trinajstić information content (AvgIpc) is 2.74. The van der Waals surface area contributed by atoms with Crippen LogP contribution in [0.15, 0.2) is 16.9 Å². The Kier molecular flexibility index (Phi) is 6.21. The molecule has 1 aliphatic rings. The fraction of sp³-hybridized carbons (Fsp3) is 0.647. The Hall–Kier alpha value is -1.82. The van der Waals surface area contributed by atoms with Crippen molar-refractivity contribution in [2.75, 3.05) is 26.8 Å². The van der Waals surface area contributed by atoms with Crippen LogP contribution in [0.3, 0.4) is 0 Å². The fourth-order valence-corrected chi connectivity index (χ4v) is 3.13. The van der Waals surface area contributed by atoms with Gasteiger partial charge in [-0.2, -0.15) is 0 Å². The highest BCUT2D eigenvalue weighted by molar-refractivity contribution is 5.76. The topological polar surface area (TPSA) is 71.8 Å². The minimum Gasteiger partial charge on any atom is -0.508 e. The molecule has 2 heterocycles. The predicted octanol–water partition coefficient (Wildman–Crippen LogP) is 1.53. The normalized spacial score (nSPS) is 18.7. The second-order valence-corrected chi connectivity index (χ2v) is 6.26. The summed E-state index contributed by atoms with van der Waals surface area (Å²) in [4.78, 5) is 26.4. The molecule has 0 aromatic carbocycles. The number of likely N-dealkylation sites (tertiary alicyclic amines) is 1. The molecule has 1 unspecified atom stereocenters. The number of pyridine rings is 1. The zero-order valence-corrected chi connectivity index (χ0v) is 14.0. The average molecular weight is 322 g/mol. The van der Waals surface area contributed by atoms with E-state index in [0.29, 0.717) is 18.2 Å². The Morgan fingerprint density at radius 1 is 1.39 bits per heavy atom. The molecule has 0 bridgehead atoms. The number of amides is 1. The molecule has 1 aliphatic heterocycles. The first-order valence-electron chi connectivity index (χ1n) is 8.18. The summed E-state index contributed by atoms with van der Waals surface area (Å²) in [5.74, 6) is 0.356. The Labute approximate surface area is 136 Å². The molecule has 0 spiro atoms.